The number of hydrogen-bond donors (Lipinski definition) is 2. The molecule has 0 saturated heterocycles. The number of nitrogens with two attached hydrogens (primary N) is 1. The van der Waals surface area contributed by atoms with Crippen molar-refractivity contribution in [2.24, 2.45) is 0 Å². The third kappa shape index (κ3) is 3.29. The summed E-state index contributed by atoms with van der Waals surface area (Å²) >= 11 is 1.25. The van der Waals surface area contributed by atoms with Gasteiger partial charge in [-0.05, 0) is 40.8 Å². The molecule has 0 aliphatic heterocycles. The smallest absolute Gasteiger partial charge is 0.398 e. The molecule has 0 amide bonds. The van der Waals surface area contributed by atoms with Crippen LogP contribution in [0.4, 0.5) is 18.9 Å². The summed E-state index contributed by atoms with van der Waals surface area (Å²) in [4.78, 5) is 1.30. The van der Waals surface area contributed by atoms with E-state index in [1.54, 1.807) is 0 Å². The maximum atomic E-state index is 12.7. The molecule has 3 N–H and O–H groups in total. The van der Waals surface area contributed by atoms with Crippen molar-refractivity contribution in [2.75, 3.05) is 5.73 Å². The minimum absolute atomic E-state index is 0.0651. The zero-order chi connectivity index (χ0) is 16.4. The predicted octanol–water partition coefficient (Wildman–Crippen LogP) is 3.62. The van der Waals surface area contributed by atoms with Crippen LogP contribution in [0.25, 0.3) is 11.4 Å². The molecule has 118 valence electrons. The molecule has 0 spiro atoms. The van der Waals surface area contributed by atoms with Gasteiger partial charge in [0.2, 0.25) is 0 Å². The van der Waals surface area contributed by atoms with Crippen LogP contribution < -0.4 is 5.73 Å². The Morgan fingerprint density at radius 3 is 2.48 bits per heavy atom. The maximum Gasteiger partial charge on any atom is 0.416 e. The highest BCUT2D eigenvalue weighted by Gasteiger charge is 2.30. The Kier molecular flexibility index (Phi) is 3.95. The number of hydrogen-bond acceptors (Lipinski definition) is 5. The van der Waals surface area contributed by atoms with Crippen molar-refractivity contribution in [1.29, 1.82) is 0 Å². The lowest BCUT2D eigenvalue weighted by molar-refractivity contribution is -0.137. The van der Waals surface area contributed by atoms with E-state index in [9.17, 15) is 13.2 Å². The van der Waals surface area contributed by atoms with E-state index in [1.165, 1.54) is 17.8 Å². The molecule has 23 heavy (non-hydrogen) atoms. The number of aromatic amines is 1. The van der Waals surface area contributed by atoms with Gasteiger partial charge in [0.1, 0.15) is 0 Å². The molecule has 0 aliphatic carbocycles. The van der Waals surface area contributed by atoms with E-state index in [0.29, 0.717) is 10.7 Å². The van der Waals surface area contributed by atoms with Crippen molar-refractivity contribution in [3.8, 4) is 11.4 Å². The second kappa shape index (κ2) is 5.92. The average Bonchev–Trinajstić information content (AvgIpc) is 3.03. The Morgan fingerprint density at radius 1 is 1.04 bits per heavy atom. The van der Waals surface area contributed by atoms with Crippen LogP contribution in [0.2, 0.25) is 0 Å². The number of halogens is 3. The summed E-state index contributed by atoms with van der Waals surface area (Å²) in [6.07, 6.45) is -4.42. The van der Waals surface area contributed by atoms with Gasteiger partial charge < -0.3 is 5.73 Å². The highest BCUT2D eigenvalue weighted by Crippen LogP contribution is 2.39. The van der Waals surface area contributed by atoms with Crippen molar-refractivity contribution in [3.63, 3.8) is 0 Å². The third-order valence-electron chi connectivity index (χ3n) is 3.04. The molecule has 3 aromatic rings. The molecule has 0 atom stereocenters. The normalized spacial score (nSPS) is 11.6. The maximum absolute atomic E-state index is 12.7. The van der Waals surface area contributed by atoms with Crippen LogP contribution in [-0.4, -0.2) is 20.6 Å². The molecule has 1 aromatic heterocycles. The lowest BCUT2D eigenvalue weighted by Crippen LogP contribution is -2.05. The van der Waals surface area contributed by atoms with Gasteiger partial charge in [0.25, 0.3) is 0 Å². The zero-order valence-corrected chi connectivity index (χ0v) is 12.3. The number of benzene rings is 2. The van der Waals surface area contributed by atoms with E-state index in [2.05, 4.69) is 20.6 Å². The molecule has 1 heterocycles. The van der Waals surface area contributed by atoms with Gasteiger partial charge in [-0.15, -0.1) is 5.10 Å². The fourth-order valence-electron chi connectivity index (χ4n) is 1.96. The Bertz CT molecular complexity index is 818. The number of nitrogens with zero attached hydrogens (tertiary/aromatic N) is 3. The van der Waals surface area contributed by atoms with Crippen molar-refractivity contribution >= 4 is 17.4 Å². The van der Waals surface area contributed by atoms with Crippen LogP contribution in [0.3, 0.4) is 0 Å². The Hall–Kier alpha value is -2.55. The van der Waals surface area contributed by atoms with Gasteiger partial charge in [-0.1, -0.05) is 23.9 Å². The van der Waals surface area contributed by atoms with Crippen LogP contribution in [0, 0.1) is 0 Å². The molecule has 9 heteroatoms. The quantitative estimate of drug-likeness (QED) is 0.714. The number of nitrogen functional groups attached to an aromatic ring is 1. The van der Waals surface area contributed by atoms with Crippen molar-refractivity contribution < 1.29 is 13.2 Å². The zero-order valence-electron chi connectivity index (χ0n) is 11.5. The van der Waals surface area contributed by atoms with E-state index in [4.69, 9.17) is 5.73 Å². The largest absolute Gasteiger partial charge is 0.416 e. The minimum Gasteiger partial charge on any atom is -0.398 e. The minimum atomic E-state index is -4.42. The van der Waals surface area contributed by atoms with Crippen LogP contribution in [0.15, 0.2) is 52.3 Å². The number of H-pyrrole nitrogens is 1. The first kappa shape index (κ1) is 15.3. The summed E-state index contributed by atoms with van der Waals surface area (Å²) in [7, 11) is 0. The highest BCUT2D eigenvalue weighted by atomic mass is 32.2. The van der Waals surface area contributed by atoms with E-state index in [0.717, 1.165) is 22.6 Å². The summed E-state index contributed by atoms with van der Waals surface area (Å²) in [6, 6.07) is 10.6. The van der Waals surface area contributed by atoms with E-state index < -0.39 is 11.7 Å². The van der Waals surface area contributed by atoms with E-state index in [1.807, 2.05) is 24.3 Å². The monoisotopic (exact) mass is 337 g/mol. The lowest BCUT2D eigenvalue weighted by Gasteiger charge is -2.11. The first-order valence-electron chi connectivity index (χ1n) is 6.43. The van der Waals surface area contributed by atoms with Gasteiger partial charge in [0, 0.05) is 21.0 Å². The van der Waals surface area contributed by atoms with Crippen LogP contribution in [0.5, 0.6) is 0 Å². The Morgan fingerprint density at radius 2 is 1.83 bits per heavy atom. The van der Waals surface area contributed by atoms with Crippen molar-refractivity contribution in [1.82, 2.24) is 20.6 Å². The second-order valence-corrected chi connectivity index (χ2v) is 5.68. The first-order valence-corrected chi connectivity index (χ1v) is 7.24. The SMILES string of the molecule is Nc1cc(C(F)(F)F)ccc1Sc1ccccc1-c1nnn[nH]1. The molecule has 0 saturated carbocycles. The predicted molar refractivity (Wildman–Crippen MR) is 79.6 cm³/mol. The van der Waals surface area contributed by atoms with Crippen molar-refractivity contribution in [2.45, 2.75) is 16.0 Å². The van der Waals surface area contributed by atoms with Gasteiger partial charge >= 0.3 is 6.18 Å². The Labute approximate surface area is 133 Å². The molecular formula is C14H10F3N5S. The molecular weight excluding hydrogens is 327 g/mol. The summed E-state index contributed by atoms with van der Waals surface area (Å²) < 4.78 is 38.1. The van der Waals surface area contributed by atoms with Crippen LogP contribution in [0.1, 0.15) is 5.56 Å². The molecule has 0 radical (unpaired) electrons. The summed E-state index contributed by atoms with van der Waals surface area (Å²) in [5.41, 5.74) is 5.80. The van der Waals surface area contributed by atoms with Crippen LogP contribution in [-0.2, 0) is 6.18 Å². The van der Waals surface area contributed by atoms with E-state index in [-0.39, 0.29) is 5.69 Å². The molecule has 0 aliphatic rings. The Balaban J connectivity index is 1.95. The molecule has 5 nitrogen and oxygen atoms in total. The summed E-state index contributed by atoms with van der Waals surface area (Å²) in [6.45, 7) is 0. The second-order valence-electron chi connectivity index (χ2n) is 4.60. The van der Waals surface area contributed by atoms with Gasteiger partial charge in [-0.3, -0.25) is 0 Å². The fraction of sp³-hybridized carbons (Fsp3) is 0.0714. The fourth-order valence-corrected chi connectivity index (χ4v) is 2.93. The molecule has 0 bridgehead atoms. The number of nitrogens with one attached hydrogen (secondary N) is 1. The van der Waals surface area contributed by atoms with Gasteiger partial charge in [-0.25, -0.2) is 5.10 Å². The van der Waals surface area contributed by atoms with Crippen molar-refractivity contribution in [3.05, 3.63) is 48.0 Å². The molecule has 0 fully saturated rings. The number of anilines is 1. The molecule has 2 aromatic carbocycles. The highest BCUT2D eigenvalue weighted by molar-refractivity contribution is 7.99. The number of tetrazole rings is 1. The number of rotatable bonds is 3. The number of aromatic nitrogens is 4. The number of alkyl halides is 3. The molecule has 3 rings (SSSR count). The van der Waals surface area contributed by atoms with Gasteiger partial charge in [-0.2, -0.15) is 13.2 Å². The summed E-state index contributed by atoms with van der Waals surface area (Å²) in [5.74, 6) is 0.471. The first-order chi connectivity index (χ1) is 10.9. The topological polar surface area (TPSA) is 80.5 Å². The lowest BCUT2D eigenvalue weighted by atomic mass is 10.2. The van der Waals surface area contributed by atoms with Gasteiger partial charge in [0.05, 0.1) is 5.56 Å². The summed E-state index contributed by atoms with van der Waals surface area (Å²) in [5, 5.41) is 13.6. The third-order valence-corrected chi connectivity index (χ3v) is 4.21. The van der Waals surface area contributed by atoms with Gasteiger partial charge in [0.15, 0.2) is 5.82 Å². The van der Waals surface area contributed by atoms with E-state index >= 15 is 0 Å². The van der Waals surface area contributed by atoms with Crippen LogP contribution >= 0.6 is 11.8 Å². The average molecular weight is 337 g/mol. The molecule has 0 unspecified atom stereocenters. The standard InChI is InChI=1S/C14H10F3N5S/c15-14(16,17)8-5-6-12(10(18)7-8)23-11-4-2-1-3-9(11)13-19-21-22-20-13/h1-7H,18H2,(H,19,20,21,22).